The molecule has 1 atom stereocenters. The fraction of sp³-hybridized carbons (Fsp3) is 0.200. The standard InChI is InChI=1S/C20H20ClFN4O3S/c1-14(13-26-10-2-9-24-26)12-23-20(27)15-3-8-18(21)19(11-15)25-30(28,29)17-6-4-16(22)5-7-17/h2-11,14,25H,12-13H2,1H3,(H,23,27). The van der Waals surface area contributed by atoms with Crippen LogP contribution >= 0.6 is 11.6 Å². The topological polar surface area (TPSA) is 93.1 Å². The second kappa shape index (κ2) is 9.27. The van der Waals surface area contributed by atoms with Gasteiger partial charge in [0.25, 0.3) is 15.9 Å². The third-order valence-corrected chi connectivity index (χ3v) is 5.98. The fourth-order valence-corrected chi connectivity index (χ4v) is 4.01. The van der Waals surface area contributed by atoms with Crippen molar-refractivity contribution in [3.05, 3.63) is 77.3 Å². The smallest absolute Gasteiger partial charge is 0.261 e. The first-order chi connectivity index (χ1) is 14.2. The summed E-state index contributed by atoms with van der Waals surface area (Å²) in [4.78, 5) is 12.4. The molecule has 0 radical (unpaired) electrons. The lowest BCUT2D eigenvalue weighted by Crippen LogP contribution is -2.30. The molecule has 0 spiro atoms. The molecule has 7 nitrogen and oxygen atoms in total. The Morgan fingerprint density at radius 1 is 1.23 bits per heavy atom. The number of hydrogen-bond donors (Lipinski definition) is 2. The van der Waals surface area contributed by atoms with Gasteiger partial charge >= 0.3 is 0 Å². The van der Waals surface area contributed by atoms with E-state index in [4.69, 9.17) is 11.6 Å². The molecule has 10 heteroatoms. The summed E-state index contributed by atoms with van der Waals surface area (Å²) in [5.74, 6) is -0.772. The Bertz CT molecular complexity index is 1120. The van der Waals surface area contributed by atoms with E-state index >= 15 is 0 Å². The second-order valence-corrected chi connectivity index (χ2v) is 8.89. The van der Waals surface area contributed by atoms with E-state index in [1.165, 1.54) is 18.2 Å². The van der Waals surface area contributed by atoms with Gasteiger partial charge in [-0.25, -0.2) is 12.8 Å². The van der Waals surface area contributed by atoms with Crippen molar-refractivity contribution in [2.24, 2.45) is 5.92 Å². The number of sulfonamides is 1. The van der Waals surface area contributed by atoms with Gasteiger partial charge in [-0.15, -0.1) is 0 Å². The van der Waals surface area contributed by atoms with E-state index in [1.807, 2.05) is 19.2 Å². The molecule has 30 heavy (non-hydrogen) atoms. The van der Waals surface area contributed by atoms with Crippen molar-refractivity contribution in [2.45, 2.75) is 18.4 Å². The summed E-state index contributed by atoms with van der Waals surface area (Å²) < 4.78 is 42.2. The van der Waals surface area contributed by atoms with Gasteiger partial charge in [-0.1, -0.05) is 18.5 Å². The van der Waals surface area contributed by atoms with Gasteiger partial charge in [-0.2, -0.15) is 5.10 Å². The van der Waals surface area contributed by atoms with E-state index in [-0.39, 0.29) is 33.0 Å². The number of nitrogens with zero attached hydrogens (tertiary/aromatic N) is 2. The summed E-state index contributed by atoms with van der Waals surface area (Å²) in [6.45, 7) is 3.04. The predicted molar refractivity (Wildman–Crippen MR) is 112 cm³/mol. The highest BCUT2D eigenvalue weighted by Crippen LogP contribution is 2.26. The van der Waals surface area contributed by atoms with Crippen LogP contribution in [0.2, 0.25) is 5.02 Å². The maximum Gasteiger partial charge on any atom is 0.261 e. The SMILES string of the molecule is CC(CNC(=O)c1ccc(Cl)c(NS(=O)(=O)c2ccc(F)cc2)c1)Cn1cccn1. The molecule has 0 fully saturated rings. The largest absolute Gasteiger partial charge is 0.352 e. The Hall–Kier alpha value is -2.91. The summed E-state index contributed by atoms with van der Waals surface area (Å²) in [5, 5.41) is 7.08. The molecule has 0 aliphatic carbocycles. The fourth-order valence-electron chi connectivity index (χ4n) is 2.72. The molecular formula is C20H20ClFN4O3S. The molecule has 1 amide bonds. The highest BCUT2D eigenvalue weighted by Gasteiger charge is 2.18. The van der Waals surface area contributed by atoms with E-state index in [2.05, 4.69) is 15.1 Å². The molecule has 0 bridgehead atoms. The molecule has 3 rings (SSSR count). The monoisotopic (exact) mass is 450 g/mol. The Balaban J connectivity index is 1.68. The van der Waals surface area contributed by atoms with Gasteiger partial charge in [0.05, 0.1) is 15.6 Å². The summed E-state index contributed by atoms with van der Waals surface area (Å²) in [6, 6.07) is 10.5. The van der Waals surface area contributed by atoms with Crippen molar-refractivity contribution in [1.82, 2.24) is 15.1 Å². The molecule has 0 aliphatic rings. The average molecular weight is 451 g/mol. The first kappa shape index (κ1) is 21.8. The summed E-state index contributed by atoms with van der Waals surface area (Å²) in [7, 11) is -3.99. The van der Waals surface area contributed by atoms with Crippen LogP contribution in [-0.2, 0) is 16.6 Å². The number of hydrogen-bond acceptors (Lipinski definition) is 4. The minimum Gasteiger partial charge on any atom is -0.352 e. The number of carbonyl (C=O) groups is 1. The first-order valence-electron chi connectivity index (χ1n) is 9.08. The molecule has 0 saturated heterocycles. The number of amides is 1. The summed E-state index contributed by atoms with van der Waals surface area (Å²) >= 11 is 6.10. The normalized spacial score (nSPS) is 12.4. The highest BCUT2D eigenvalue weighted by atomic mass is 35.5. The van der Waals surface area contributed by atoms with Crippen molar-refractivity contribution < 1.29 is 17.6 Å². The van der Waals surface area contributed by atoms with Gasteiger partial charge in [-0.05, 0) is 54.4 Å². The molecular weight excluding hydrogens is 431 g/mol. The van der Waals surface area contributed by atoms with Crippen molar-refractivity contribution in [3.8, 4) is 0 Å². The molecule has 0 saturated carbocycles. The van der Waals surface area contributed by atoms with E-state index in [0.717, 1.165) is 24.3 Å². The molecule has 2 N–H and O–H groups in total. The van der Waals surface area contributed by atoms with Crippen LogP contribution in [0.25, 0.3) is 0 Å². The van der Waals surface area contributed by atoms with Crippen LogP contribution in [0.4, 0.5) is 10.1 Å². The van der Waals surface area contributed by atoms with Gasteiger partial charge < -0.3 is 5.32 Å². The Labute approximate surface area is 178 Å². The van der Waals surface area contributed by atoms with Crippen molar-refractivity contribution in [3.63, 3.8) is 0 Å². The molecule has 2 aromatic carbocycles. The van der Waals surface area contributed by atoms with E-state index in [1.54, 1.807) is 10.9 Å². The summed E-state index contributed by atoms with van der Waals surface area (Å²) in [5.41, 5.74) is 0.306. The predicted octanol–water partition coefficient (Wildman–Crippen LogP) is 3.54. The Morgan fingerprint density at radius 3 is 2.63 bits per heavy atom. The van der Waals surface area contributed by atoms with Crippen molar-refractivity contribution in [2.75, 3.05) is 11.3 Å². The first-order valence-corrected chi connectivity index (χ1v) is 10.9. The van der Waals surface area contributed by atoms with Gasteiger partial charge in [0.2, 0.25) is 0 Å². The molecule has 0 aliphatic heterocycles. The second-order valence-electron chi connectivity index (χ2n) is 6.80. The number of halogens is 2. The average Bonchev–Trinajstić information content (AvgIpc) is 3.21. The maximum absolute atomic E-state index is 13.1. The van der Waals surface area contributed by atoms with Crippen LogP contribution in [0, 0.1) is 11.7 Å². The van der Waals surface area contributed by atoms with E-state index in [9.17, 15) is 17.6 Å². The van der Waals surface area contributed by atoms with Crippen LogP contribution in [-0.4, -0.2) is 30.7 Å². The Morgan fingerprint density at radius 2 is 1.97 bits per heavy atom. The van der Waals surface area contributed by atoms with Crippen LogP contribution in [0.1, 0.15) is 17.3 Å². The molecule has 1 unspecified atom stereocenters. The number of rotatable bonds is 8. The number of carbonyl (C=O) groups excluding carboxylic acids is 1. The van der Waals surface area contributed by atoms with Crippen LogP contribution in [0.3, 0.4) is 0 Å². The van der Waals surface area contributed by atoms with Crippen LogP contribution in [0.5, 0.6) is 0 Å². The third kappa shape index (κ3) is 5.58. The number of benzene rings is 2. The lowest BCUT2D eigenvalue weighted by atomic mass is 10.1. The van der Waals surface area contributed by atoms with Gasteiger partial charge in [0.1, 0.15) is 5.82 Å². The van der Waals surface area contributed by atoms with Gasteiger partial charge in [0.15, 0.2) is 0 Å². The van der Waals surface area contributed by atoms with Gasteiger partial charge in [0, 0.05) is 31.0 Å². The van der Waals surface area contributed by atoms with Crippen molar-refractivity contribution in [1.29, 1.82) is 0 Å². The zero-order valence-electron chi connectivity index (χ0n) is 16.0. The van der Waals surface area contributed by atoms with E-state index < -0.39 is 15.8 Å². The number of nitrogens with one attached hydrogen (secondary N) is 2. The zero-order chi connectivity index (χ0) is 21.7. The van der Waals surface area contributed by atoms with Crippen molar-refractivity contribution >= 4 is 33.2 Å². The van der Waals surface area contributed by atoms with Crippen LogP contribution < -0.4 is 10.0 Å². The molecule has 1 heterocycles. The number of anilines is 1. The maximum atomic E-state index is 13.1. The zero-order valence-corrected chi connectivity index (χ0v) is 17.6. The molecule has 3 aromatic rings. The minimum absolute atomic E-state index is 0.0539. The Kier molecular flexibility index (Phi) is 6.73. The molecule has 1 aromatic heterocycles. The highest BCUT2D eigenvalue weighted by molar-refractivity contribution is 7.92. The lowest BCUT2D eigenvalue weighted by molar-refractivity contribution is 0.0946. The third-order valence-electron chi connectivity index (χ3n) is 4.27. The lowest BCUT2D eigenvalue weighted by Gasteiger charge is -2.14. The number of aromatic nitrogens is 2. The quantitative estimate of drug-likeness (QED) is 0.549. The summed E-state index contributed by atoms with van der Waals surface area (Å²) in [6.07, 6.45) is 3.53. The van der Waals surface area contributed by atoms with Gasteiger partial charge in [-0.3, -0.25) is 14.2 Å². The molecule has 158 valence electrons. The minimum atomic E-state index is -3.99. The van der Waals surface area contributed by atoms with E-state index in [0.29, 0.717) is 13.1 Å². The van der Waals surface area contributed by atoms with Crippen LogP contribution in [0.15, 0.2) is 65.8 Å².